The lowest BCUT2D eigenvalue weighted by Gasteiger charge is -2.50. The van der Waals surface area contributed by atoms with E-state index in [9.17, 15) is 9.59 Å². The van der Waals surface area contributed by atoms with Crippen molar-refractivity contribution in [2.75, 3.05) is 14.2 Å². The normalized spacial score (nSPS) is 23.9. The number of likely N-dealkylation sites (N-methyl/N-ethyl adjacent to an activating group) is 1. The van der Waals surface area contributed by atoms with Gasteiger partial charge in [0.2, 0.25) is 0 Å². The van der Waals surface area contributed by atoms with Crippen LogP contribution in [0.4, 0.5) is 0 Å². The number of rotatable bonds is 3. The molecule has 9 heteroatoms. The maximum absolute atomic E-state index is 14.0. The van der Waals surface area contributed by atoms with E-state index in [0.717, 1.165) is 54.7 Å². The van der Waals surface area contributed by atoms with E-state index in [4.69, 9.17) is 21.1 Å². The van der Waals surface area contributed by atoms with Gasteiger partial charge in [0, 0.05) is 59.3 Å². The number of para-hydroxylation sites is 2. The highest BCUT2D eigenvalue weighted by atomic mass is 35.5. The first-order chi connectivity index (χ1) is 21.3. The molecule has 0 unspecified atom stereocenters. The molecule has 6 aromatic rings. The van der Waals surface area contributed by atoms with Crippen molar-refractivity contribution in [3.63, 3.8) is 0 Å². The lowest BCUT2D eigenvalue weighted by atomic mass is 9.91. The summed E-state index contributed by atoms with van der Waals surface area (Å²) in [6.45, 7) is 2.54. The number of carbonyl (C=O) groups is 2. The van der Waals surface area contributed by atoms with Crippen LogP contribution in [-0.4, -0.2) is 52.2 Å². The number of hydrogen-bond acceptors (Lipinski definition) is 4. The zero-order chi connectivity index (χ0) is 30.1. The zero-order valence-corrected chi connectivity index (χ0v) is 25.2. The van der Waals surface area contributed by atoms with E-state index in [0.29, 0.717) is 23.6 Å². The third-order valence-corrected chi connectivity index (χ3v) is 10.4. The van der Waals surface area contributed by atoms with Crippen LogP contribution in [0, 0.1) is 0 Å². The number of hydrogen-bond donors (Lipinski definition) is 1. The summed E-state index contributed by atoms with van der Waals surface area (Å²) in [5.74, 6) is -0.170. The Morgan fingerprint density at radius 3 is 2.41 bits per heavy atom. The fraction of sp³-hybridized carbons (Fsp3) is 0.257. The van der Waals surface area contributed by atoms with E-state index in [1.807, 2.05) is 31.3 Å². The highest BCUT2D eigenvalue weighted by Crippen LogP contribution is 2.54. The summed E-state index contributed by atoms with van der Waals surface area (Å²) in [6, 6.07) is 23.2. The summed E-state index contributed by atoms with van der Waals surface area (Å²) in [5.41, 5.74) is 5.28. The summed E-state index contributed by atoms with van der Waals surface area (Å²) < 4.78 is 18.1. The largest absolute Gasteiger partial charge is 0.374 e. The molecule has 0 spiro atoms. The molecule has 220 valence electrons. The van der Waals surface area contributed by atoms with Gasteiger partial charge in [-0.25, -0.2) is 0 Å². The topological polar surface area (TPSA) is 77.7 Å². The standard InChI is InChI=1S/C35H29ClN4O4/c1-35-32(43-3)25(38(2)34(42)18-12-14-19(36)15-13-18)16-26(44-35)39-23-10-6-4-8-20(23)28-29-22(17-37-33(29)41)27-21-9-5-7-11-24(21)40(35)31(27)30(28)39/h4-15,25-26,32H,16-17H2,1-3H3,(H,37,41)/t25-,26-,32-,35+/m1/s1. The zero-order valence-electron chi connectivity index (χ0n) is 24.4. The lowest BCUT2D eigenvalue weighted by molar-refractivity contribution is -0.264. The average Bonchev–Trinajstić information content (AvgIpc) is 3.68. The van der Waals surface area contributed by atoms with Gasteiger partial charge in [-0.3, -0.25) is 9.59 Å². The van der Waals surface area contributed by atoms with Gasteiger partial charge < -0.3 is 28.8 Å². The van der Waals surface area contributed by atoms with Crippen LogP contribution < -0.4 is 5.32 Å². The fourth-order valence-electron chi connectivity index (χ4n) is 8.34. The Balaban J connectivity index is 1.40. The number of carbonyl (C=O) groups excluding carboxylic acids is 2. The molecule has 2 aromatic heterocycles. The Bertz CT molecular complexity index is 2240. The molecule has 44 heavy (non-hydrogen) atoms. The Morgan fingerprint density at radius 2 is 1.68 bits per heavy atom. The summed E-state index contributed by atoms with van der Waals surface area (Å²) in [5, 5.41) is 7.76. The maximum atomic E-state index is 14.0. The monoisotopic (exact) mass is 604 g/mol. The van der Waals surface area contributed by atoms with Gasteiger partial charge >= 0.3 is 0 Å². The van der Waals surface area contributed by atoms with E-state index >= 15 is 0 Å². The van der Waals surface area contributed by atoms with Crippen molar-refractivity contribution in [3.8, 4) is 0 Å². The molecule has 0 aliphatic carbocycles. The first-order valence-corrected chi connectivity index (χ1v) is 15.2. The Kier molecular flexibility index (Phi) is 5.24. The van der Waals surface area contributed by atoms with E-state index in [-0.39, 0.29) is 17.9 Å². The van der Waals surface area contributed by atoms with Crippen LogP contribution in [0.2, 0.25) is 5.02 Å². The summed E-state index contributed by atoms with van der Waals surface area (Å²) in [6.07, 6.45) is -0.466. The Morgan fingerprint density at radius 1 is 1.00 bits per heavy atom. The number of halogens is 1. The molecule has 1 saturated heterocycles. The van der Waals surface area contributed by atoms with Crippen LogP contribution in [0.1, 0.15) is 45.9 Å². The number of benzene rings is 4. The number of ether oxygens (including phenoxy) is 2. The van der Waals surface area contributed by atoms with Crippen molar-refractivity contribution in [3.05, 3.63) is 94.5 Å². The molecule has 2 amide bonds. The second-order valence-electron chi connectivity index (χ2n) is 12.2. The van der Waals surface area contributed by atoms with Gasteiger partial charge in [-0.1, -0.05) is 48.0 Å². The quantitative estimate of drug-likeness (QED) is 0.248. The van der Waals surface area contributed by atoms with Crippen LogP contribution in [0.3, 0.4) is 0 Å². The minimum Gasteiger partial charge on any atom is -0.374 e. The molecule has 1 N–H and O–H groups in total. The predicted octanol–water partition coefficient (Wildman–Crippen LogP) is 6.56. The Labute approximate surface area is 257 Å². The molecule has 3 aliphatic heterocycles. The van der Waals surface area contributed by atoms with Gasteiger partial charge in [0.15, 0.2) is 5.72 Å². The number of fused-ring (bicyclic) bond motifs is 13. The number of methoxy groups -OCH3 is 1. The van der Waals surface area contributed by atoms with Crippen molar-refractivity contribution in [2.45, 2.75) is 44.0 Å². The van der Waals surface area contributed by atoms with Crippen LogP contribution >= 0.6 is 11.6 Å². The molecule has 4 aromatic carbocycles. The first kappa shape index (κ1) is 26.1. The minimum atomic E-state index is -1.00. The van der Waals surface area contributed by atoms with Gasteiger partial charge in [0.05, 0.1) is 33.7 Å². The summed E-state index contributed by atoms with van der Waals surface area (Å²) >= 11 is 6.14. The van der Waals surface area contributed by atoms with E-state index in [1.54, 1.807) is 36.3 Å². The van der Waals surface area contributed by atoms with Gasteiger partial charge in [-0.2, -0.15) is 0 Å². The third-order valence-electron chi connectivity index (χ3n) is 10.1. The summed E-state index contributed by atoms with van der Waals surface area (Å²) in [7, 11) is 3.53. The molecular formula is C35H29ClN4O4. The molecule has 4 atom stereocenters. The second-order valence-corrected chi connectivity index (χ2v) is 12.7. The SMILES string of the molecule is CO[C@@H]1[C@H](N(C)C(=O)c2ccc(Cl)cc2)C[C@H]2O[C@]1(C)n1c3ccccc3c3c4c(c5c6ccccc6n2c5c31)C(=O)NC4. The fourth-order valence-corrected chi connectivity index (χ4v) is 8.46. The van der Waals surface area contributed by atoms with Crippen LogP contribution in [0.25, 0.3) is 43.6 Å². The van der Waals surface area contributed by atoms with Gasteiger partial charge in [0.1, 0.15) is 12.3 Å². The van der Waals surface area contributed by atoms with Crippen LogP contribution in [0.15, 0.2) is 72.8 Å². The molecular weight excluding hydrogens is 576 g/mol. The third kappa shape index (κ3) is 3.10. The highest BCUT2D eigenvalue weighted by molar-refractivity contribution is 6.31. The van der Waals surface area contributed by atoms with Crippen molar-refractivity contribution in [1.82, 2.24) is 19.4 Å². The number of amides is 2. The Hall–Kier alpha value is -4.37. The smallest absolute Gasteiger partial charge is 0.253 e. The molecule has 0 saturated carbocycles. The van der Waals surface area contributed by atoms with Gasteiger partial charge in [0.25, 0.3) is 11.8 Å². The molecule has 1 fully saturated rings. The molecule has 9 rings (SSSR count). The highest BCUT2D eigenvalue weighted by Gasteiger charge is 2.55. The van der Waals surface area contributed by atoms with Crippen molar-refractivity contribution in [2.24, 2.45) is 0 Å². The number of nitrogens with zero attached hydrogens (tertiary/aromatic N) is 3. The van der Waals surface area contributed by atoms with Gasteiger partial charge in [-0.15, -0.1) is 0 Å². The average molecular weight is 605 g/mol. The molecule has 3 aliphatic rings. The first-order valence-electron chi connectivity index (χ1n) is 14.9. The van der Waals surface area contributed by atoms with Crippen LogP contribution in [-0.2, 0) is 21.7 Å². The maximum Gasteiger partial charge on any atom is 0.253 e. The van der Waals surface area contributed by atoms with Crippen molar-refractivity contribution < 1.29 is 19.1 Å². The molecule has 5 heterocycles. The molecule has 8 nitrogen and oxygen atoms in total. The molecule has 2 bridgehead atoms. The summed E-state index contributed by atoms with van der Waals surface area (Å²) in [4.78, 5) is 29.3. The van der Waals surface area contributed by atoms with Crippen LogP contribution in [0.5, 0.6) is 0 Å². The van der Waals surface area contributed by atoms with E-state index < -0.39 is 18.1 Å². The lowest BCUT2D eigenvalue weighted by Crippen LogP contribution is -2.61. The second kappa shape index (κ2) is 8.85. The molecule has 0 radical (unpaired) electrons. The van der Waals surface area contributed by atoms with E-state index in [1.165, 1.54) is 0 Å². The van der Waals surface area contributed by atoms with E-state index in [2.05, 4.69) is 45.6 Å². The van der Waals surface area contributed by atoms with Gasteiger partial charge in [-0.05, 0) is 48.9 Å². The van der Waals surface area contributed by atoms with Crippen molar-refractivity contribution in [1.29, 1.82) is 0 Å². The predicted molar refractivity (Wildman–Crippen MR) is 170 cm³/mol. The van der Waals surface area contributed by atoms with Crippen molar-refractivity contribution >= 4 is 67.0 Å². The number of aromatic nitrogens is 2. The number of nitrogens with one attached hydrogen (secondary N) is 1. The minimum absolute atomic E-state index is 0.0538.